The molecule has 0 saturated carbocycles. The highest BCUT2D eigenvalue weighted by Crippen LogP contribution is 2.25. The van der Waals surface area contributed by atoms with Crippen LogP contribution >= 0.6 is 11.6 Å². The molecule has 106 valence electrons. The van der Waals surface area contributed by atoms with E-state index in [1.807, 2.05) is 20.8 Å². The van der Waals surface area contributed by atoms with Crippen LogP contribution in [-0.4, -0.2) is 22.8 Å². The van der Waals surface area contributed by atoms with Crippen molar-refractivity contribution in [2.24, 2.45) is 5.92 Å². The monoisotopic (exact) mass is 286 g/mol. The van der Waals surface area contributed by atoms with Crippen LogP contribution in [0.4, 0.5) is 0 Å². The Labute approximate surface area is 116 Å². The normalized spacial score (nSPS) is 21.0. The highest BCUT2D eigenvalue weighted by atomic mass is 35.5. The van der Waals surface area contributed by atoms with Gasteiger partial charge in [0.15, 0.2) is 0 Å². The van der Waals surface area contributed by atoms with E-state index >= 15 is 0 Å². The van der Waals surface area contributed by atoms with Gasteiger partial charge in [0.2, 0.25) is 0 Å². The molecule has 1 N–H and O–H groups in total. The molecular formula is C13H19ClN2O3. The molecule has 1 aromatic rings. The number of nitrogens with zero attached hydrogens (tertiary/aromatic N) is 1. The molecule has 0 spiro atoms. The van der Waals surface area contributed by atoms with E-state index in [1.54, 1.807) is 0 Å². The SMILES string of the molecule is CC(C)c1c(Cl)[nH]c(=O)n(C(C)C2CCOC2)c1=O. The van der Waals surface area contributed by atoms with Gasteiger partial charge in [0.1, 0.15) is 5.15 Å². The lowest BCUT2D eigenvalue weighted by molar-refractivity contribution is 0.173. The molecule has 2 rings (SSSR count). The van der Waals surface area contributed by atoms with Crippen LogP contribution in [0.5, 0.6) is 0 Å². The Morgan fingerprint density at radius 2 is 2.05 bits per heavy atom. The molecule has 5 nitrogen and oxygen atoms in total. The first kappa shape index (κ1) is 14.3. The highest BCUT2D eigenvalue weighted by Gasteiger charge is 2.27. The Kier molecular flexibility index (Phi) is 4.16. The average Bonchev–Trinajstić information content (AvgIpc) is 2.80. The zero-order chi connectivity index (χ0) is 14.2. The fourth-order valence-electron chi connectivity index (χ4n) is 2.55. The molecule has 2 atom stereocenters. The zero-order valence-corrected chi connectivity index (χ0v) is 12.2. The van der Waals surface area contributed by atoms with Gasteiger partial charge in [0.05, 0.1) is 12.2 Å². The summed E-state index contributed by atoms with van der Waals surface area (Å²) >= 11 is 5.97. The molecule has 1 aromatic heterocycles. The Balaban J connectivity index is 2.53. The van der Waals surface area contributed by atoms with Crippen molar-refractivity contribution in [2.75, 3.05) is 13.2 Å². The minimum atomic E-state index is -0.446. The van der Waals surface area contributed by atoms with Crippen LogP contribution in [0.15, 0.2) is 9.59 Å². The fourth-order valence-corrected chi connectivity index (χ4v) is 2.93. The van der Waals surface area contributed by atoms with Crippen LogP contribution < -0.4 is 11.2 Å². The summed E-state index contributed by atoms with van der Waals surface area (Å²) in [6.07, 6.45) is 0.868. The first-order valence-corrected chi connectivity index (χ1v) is 6.93. The van der Waals surface area contributed by atoms with Crippen LogP contribution in [0.2, 0.25) is 5.15 Å². The minimum absolute atomic E-state index is 0.0323. The van der Waals surface area contributed by atoms with Crippen molar-refractivity contribution in [1.29, 1.82) is 0 Å². The number of aromatic nitrogens is 2. The zero-order valence-electron chi connectivity index (χ0n) is 11.4. The first-order chi connectivity index (χ1) is 8.93. The molecule has 6 heteroatoms. The Bertz CT molecular complexity index is 570. The van der Waals surface area contributed by atoms with Gasteiger partial charge in [-0.1, -0.05) is 25.4 Å². The van der Waals surface area contributed by atoms with Gasteiger partial charge in [-0.15, -0.1) is 0 Å². The maximum atomic E-state index is 12.5. The van der Waals surface area contributed by atoms with Gasteiger partial charge >= 0.3 is 5.69 Å². The van der Waals surface area contributed by atoms with Gasteiger partial charge < -0.3 is 4.74 Å². The number of hydrogen-bond donors (Lipinski definition) is 1. The number of halogens is 1. The lowest BCUT2D eigenvalue weighted by Crippen LogP contribution is -2.41. The van der Waals surface area contributed by atoms with Gasteiger partial charge in [-0.2, -0.15) is 0 Å². The number of aromatic amines is 1. The van der Waals surface area contributed by atoms with Gasteiger partial charge in [-0.3, -0.25) is 14.3 Å². The third kappa shape index (κ3) is 2.62. The van der Waals surface area contributed by atoms with E-state index in [0.717, 1.165) is 6.42 Å². The van der Waals surface area contributed by atoms with Gasteiger partial charge in [0.25, 0.3) is 5.56 Å². The van der Waals surface area contributed by atoms with Crippen LogP contribution in [0.1, 0.15) is 44.7 Å². The first-order valence-electron chi connectivity index (χ1n) is 6.55. The number of H-pyrrole nitrogens is 1. The molecule has 0 aromatic carbocycles. The number of hydrogen-bond acceptors (Lipinski definition) is 3. The largest absolute Gasteiger partial charge is 0.381 e. The average molecular weight is 287 g/mol. The standard InChI is InChI=1S/C13H19ClN2O3/c1-7(2)10-11(14)15-13(18)16(12(10)17)8(3)9-4-5-19-6-9/h7-9H,4-6H2,1-3H3,(H,15,18). The van der Waals surface area contributed by atoms with Crippen LogP contribution in [0, 0.1) is 5.92 Å². The maximum Gasteiger partial charge on any atom is 0.329 e. The molecule has 2 unspecified atom stereocenters. The maximum absolute atomic E-state index is 12.5. The molecule has 0 amide bonds. The third-order valence-electron chi connectivity index (χ3n) is 3.75. The second-order valence-electron chi connectivity index (χ2n) is 5.35. The summed E-state index contributed by atoms with van der Waals surface area (Å²) in [5, 5.41) is 0.149. The molecule has 1 saturated heterocycles. The Morgan fingerprint density at radius 1 is 1.37 bits per heavy atom. The molecule has 2 heterocycles. The van der Waals surface area contributed by atoms with E-state index in [4.69, 9.17) is 16.3 Å². The molecular weight excluding hydrogens is 268 g/mol. The van der Waals surface area contributed by atoms with Crippen LogP contribution in [0.3, 0.4) is 0 Å². The number of rotatable bonds is 3. The van der Waals surface area contributed by atoms with E-state index in [-0.39, 0.29) is 28.6 Å². The minimum Gasteiger partial charge on any atom is -0.381 e. The van der Waals surface area contributed by atoms with Crippen molar-refractivity contribution in [3.8, 4) is 0 Å². The second kappa shape index (κ2) is 5.51. The highest BCUT2D eigenvalue weighted by molar-refractivity contribution is 6.30. The summed E-state index contributed by atoms with van der Waals surface area (Å²) in [6.45, 7) is 6.93. The quantitative estimate of drug-likeness (QED) is 0.863. The number of nitrogens with one attached hydrogen (secondary N) is 1. The van der Waals surface area contributed by atoms with Gasteiger partial charge in [-0.05, 0) is 19.3 Å². The van der Waals surface area contributed by atoms with E-state index in [1.165, 1.54) is 4.57 Å². The number of ether oxygens (including phenoxy) is 1. The molecule has 1 aliphatic heterocycles. The summed E-state index contributed by atoms with van der Waals surface area (Å²) in [5.74, 6) is 0.162. The lowest BCUT2D eigenvalue weighted by Gasteiger charge is -2.21. The van der Waals surface area contributed by atoms with Crippen molar-refractivity contribution in [3.63, 3.8) is 0 Å². The molecule has 0 radical (unpaired) electrons. The van der Waals surface area contributed by atoms with Crippen LogP contribution in [0.25, 0.3) is 0 Å². The molecule has 0 aliphatic carbocycles. The molecule has 0 bridgehead atoms. The van der Waals surface area contributed by atoms with Crippen molar-refractivity contribution in [1.82, 2.24) is 9.55 Å². The summed E-state index contributed by atoms with van der Waals surface area (Å²) < 4.78 is 6.61. The van der Waals surface area contributed by atoms with Gasteiger partial charge in [0, 0.05) is 18.6 Å². The van der Waals surface area contributed by atoms with Crippen molar-refractivity contribution >= 4 is 11.6 Å². The van der Waals surface area contributed by atoms with Crippen molar-refractivity contribution in [2.45, 2.75) is 39.2 Å². The second-order valence-corrected chi connectivity index (χ2v) is 5.73. The summed E-state index contributed by atoms with van der Waals surface area (Å²) in [7, 11) is 0. The molecule has 19 heavy (non-hydrogen) atoms. The van der Waals surface area contributed by atoms with E-state index in [0.29, 0.717) is 18.8 Å². The Morgan fingerprint density at radius 3 is 2.58 bits per heavy atom. The summed E-state index contributed by atoms with van der Waals surface area (Å²) in [5.41, 5.74) is -0.269. The van der Waals surface area contributed by atoms with Crippen LogP contribution in [-0.2, 0) is 4.74 Å². The third-order valence-corrected chi connectivity index (χ3v) is 4.05. The summed E-state index contributed by atoms with van der Waals surface area (Å²) in [4.78, 5) is 27.0. The lowest BCUT2D eigenvalue weighted by atomic mass is 10.00. The van der Waals surface area contributed by atoms with Crippen molar-refractivity contribution in [3.05, 3.63) is 31.6 Å². The van der Waals surface area contributed by atoms with Gasteiger partial charge in [-0.25, -0.2) is 4.79 Å². The van der Waals surface area contributed by atoms with Crippen molar-refractivity contribution < 1.29 is 4.74 Å². The van der Waals surface area contributed by atoms with E-state index in [9.17, 15) is 9.59 Å². The smallest absolute Gasteiger partial charge is 0.329 e. The predicted octanol–water partition coefficient (Wildman–Crippen LogP) is 1.91. The topological polar surface area (TPSA) is 64.1 Å². The Hall–Kier alpha value is -1.07. The molecule has 1 aliphatic rings. The predicted molar refractivity (Wildman–Crippen MR) is 74.1 cm³/mol. The van der Waals surface area contributed by atoms with E-state index < -0.39 is 5.69 Å². The summed E-state index contributed by atoms with van der Waals surface area (Å²) in [6, 6.07) is -0.187. The van der Waals surface area contributed by atoms with E-state index in [2.05, 4.69) is 4.98 Å². The molecule has 1 fully saturated rings. The fraction of sp³-hybridized carbons (Fsp3) is 0.692.